The monoisotopic (exact) mass is 386 g/mol. The Hall–Kier alpha value is -1.00. The Morgan fingerprint density at radius 2 is 2.00 bits per heavy atom. The van der Waals surface area contributed by atoms with Gasteiger partial charge in [0, 0.05) is 24.6 Å². The fraction of sp³-hybridized carbons (Fsp3) is 0.696. The molecular formula is C23H34N2OS. The molecule has 4 rings (SSSR count). The average molecular weight is 387 g/mol. The first kappa shape index (κ1) is 19.3. The minimum absolute atomic E-state index is 0.0909. The lowest BCUT2D eigenvalue weighted by molar-refractivity contribution is -0.135. The van der Waals surface area contributed by atoms with Gasteiger partial charge in [0.25, 0.3) is 0 Å². The van der Waals surface area contributed by atoms with Gasteiger partial charge in [0.1, 0.15) is 0 Å². The van der Waals surface area contributed by atoms with Crippen LogP contribution in [-0.2, 0) is 11.2 Å². The topological polar surface area (TPSA) is 23.6 Å². The molecular weight excluding hydrogens is 352 g/mol. The number of aryl methyl sites for hydroxylation is 1. The van der Waals surface area contributed by atoms with E-state index in [0.29, 0.717) is 17.9 Å². The van der Waals surface area contributed by atoms with Gasteiger partial charge >= 0.3 is 0 Å². The molecule has 1 amide bonds. The lowest BCUT2D eigenvalue weighted by atomic mass is 9.94. The molecule has 0 spiro atoms. The van der Waals surface area contributed by atoms with E-state index in [2.05, 4.69) is 41.8 Å². The van der Waals surface area contributed by atoms with Crippen LogP contribution in [0.4, 0.5) is 0 Å². The van der Waals surface area contributed by atoms with Crippen molar-refractivity contribution in [2.24, 2.45) is 0 Å². The summed E-state index contributed by atoms with van der Waals surface area (Å²) in [4.78, 5) is 18.4. The van der Waals surface area contributed by atoms with E-state index in [-0.39, 0.29) is 5.92 Å². The molecule has 2 heterocycles. The van der Waals surface area contributed by atoms with E-state index in [1.54, 1.807) is 0 Å². The predicted octanol–water partition coefficient (Wildman–Crippen LogP) is 4.27. The minimum atomic E-state index is 0.0909. The van der Waals surface area contributed by atoms with Gasteiger partial charge < -0.3 is 9.80 Å². The van der Waals surface area contributed by atoms with Gasteiger partial charge in [-0.1, -0.05) is 38.5 Å². The highest BCUT2D eigenvalue weighted by Crippen LogP contribution is 2.37. The number of carbonyl (C=O) groups is 1. The molecule has 2 atom stereocenters. The van der Waals surface area contributed by atoms with Crippen LogP contribution in [-0.4, -0.2) is 59.4 Å². The van der Waals surface area contributed by atoms with Gasteiger partial charge in [0.05, 0.1) is 12.0 Å². The number of thioether (sulfide) groups is 1. The number of piperidine rings is 1. The maximum Gasteiger partial charge on any atom is 0.230 e. The number of likely N-dealkylation sites (tertiary alicyclic amines) is 1. The van der Waals surface area contributed by atoms with Crippen molar-refractivity contribution < 1.29 is 4.79 Å². The second kappa shape index (κ2) is 8.57. The van der Waals surface area contributed by atoms with Gasteiger partial charge in [-0.2, -0.15) is 11.8 Å². The van der Waals surface area contributed by atoms with E-state index < -0.39 is 0 Å². The van der Waals surface area contributed by atoms with Crippen molar-refractivity contribution >= 4 is 17.7 Å². The summed E-state index contributed by atoms with van der Waals surface area (Å²) in [6.45, 7) is 8.93. The summed E-state index contributed by atoms with van der Waals surface area (Å²) in [7, 11) is 0. The Kier molecular flexibility index (Phi) is 6.13. The molecule has 1 aromatic rings. The van der Waals surface area contributed by atoms with Crippen LogP contribution in [0, 0.1) is 0 Å². The number of carbonyl (C=O) groups excluding carboxylic acids is 1. The Balaban J connectivity index is 1.48. The van der Waals surface area contributed by atoms with E-state index in [0.717, 1.165) is 37.4 Å². The van der Waals surface area contributed by atoms with Crippen molar-refractivity contribution in [3.8, 4) is 0 Å². The smallest absolute Gasteiger partial charge is 0.230 e. The highest BCUT2D eigenvalue weighted by molar-refractivity contribution is 7.99. The molecule has 0 N–H and O–H groups in total. The molecule has 4 heteroatoms. The lowest BCUT2D eigenvalue weighted by Crippen LogP contribution is -2.53. The van der Waals surface area contributed by atoms with Crippen LogP contribution in [0.15, 0.2) is 18.2 Å². The van der Waals surface area contributed by atoms with Gasteiger partial charge in [0.15, 0.2) is 0 Å². The lowest BCUT2D eigenvalue weighted by Gasteiger charge is -2.40. The average Bonchev–Trinajstić information content (AvgIpc) is 3.12. The maximum atomic E-state index is 13.5. The number of benzene rings is 1. The van der Waals surface area contributed by atoms with Crippen molar-refractivity contribution in [3.63, 3.8) is 0 Å². The molecule has 1 aliphatic carbocycles. The summed E-state index contributed by atoms with van der Waals surface area (Å²) >= 11 is 2.03. The molecule has 2 fully saturated rings. The van der Waals surface area contributed by atoms with Crippen LogP contribution in [0.5, 0.6) is 0 Å². The van der Waals surface area contributed by atoms with Gasteiger partial charge in [-0.05, 0) is 61.4 Å². The molecule has 3 aliphatic rings. The molecule has 0 aromatic heterocycles. The van der Waals surface area contributed by atoms with Crippen LogP contribution < -0.4 is 0 Å². The largest absolute Gasteiger partial charge is 0.336 e. The van der Waals surface area contributed by atoms with Crippen molar-refractivity contribution in [2.45, 2.75) is 63.8 Å². The fourth-order valence-corrected chi connectivity index (χ4v) is 6.04. The number of fused-ring (bicyclic) bond motifs is 1. The van der Waals surface area contributed by atoms with Gasteiger partial charge in [-0.15, -0.1) is 0 Å². The molecule has 0 radical (unpaired) electrons. The van der Waals surface area contributed by atoms with Crippen LogP contribution in [0.2, 0.25) is 0 Å². The highest BCUT2D eigenvalue weighted by atomic mass is 32.2. The number of nitrogens with zero attached hydrogens (tertiary/aromatic N) is 2. The molecule has 2 aliphatic heterocycles. The third-order valence-corrected chi connectivity index (χ3v) is 7.73. The summed E-state index contributed by atoms with van der Waals surface area (Å²) in [5.41, 5.74) is 4.12. The molecule has 0 bridgehead atoms. The Bertz CT molecular complexity index is 668. The van der Waals surface area contributed by atoms with Gasteiger partial charge in [0.2, 0.25) is 5.91 Å². The zero-order valence-corrected chi connectivity index (χ0v) is 17.8. The highest BCUT2D eigenvalue weighted by Gasteiger charge is 2.36. The summed E-state index contributed by atoms with van der Waals surface area (Å²) < 4.78 is 0. The molecule has 2 saturated heterocycles. The number of amides is 1. The quantitative estimate of drug-likeness (QED) is 0.772. The van der Waals surface area contributed by atoms with Crippen LogP contribution >= 0.6 is 11.8 Å². The summed E-state index contributed by atoms with van der Waals surface area (Å²) in [5.74, 6) is 3.24. The predicted molar refractivity (Wildman–Crippen MR) is 115 cm³/mol. The molecule has 2 unspecified atom stereocenters. The third-order valence-electron chi connectivity index (χ3n) is 6.64. The van der Waals surface area contributed by atoms with Gasteiger partial charge in [-0.25, -0.2) is 0 Å². The molecule has 27 heavy (non-hydrogen) atoms. The summed E-state index contributed by atoms with van der Waals surface area (Å²) in [5, 5.41) is 0. The zero-order chi connectivity index (χ0) is 18.8. The first-order chi connectivity index (χ1) is 13.1. The number of rotatable bonds is 4. The number of hydrogen-bond donors (Lipinski definition) is 0. The normalized spacial score (nSPS) is 26.4. The molecule has 1 aromatic carbocycles. The summed E-state index contributed by atoms with van der Waals surface area (Å²) in [6, 6.07) is 7.24. The Morgan fingerprint density at radius 3 is 2.78 bits per heavy atom. The van der Waals surface area contributed by atoms with E-state index >= 15 is 0 Å². The molecule has 0 saturated carbocycles. The Morgan fingerprint density at radius 1 is 1.19 bits per heavy atom. The first-order valence-electron chi connectivity index (χ1n) is 10.9. The van der Waals surface area contributed by atoms with Gasteiger partial charge in [-0.3, -0.25) is 4.79 Å². The summed E-state index contributed by atoms with van der Waals surface area (Å²) in [6.07, 6.45) is 6.07. The maximum absolute atomic E-state index is 13.5. The van der Waals surface area contributed by atoms with Crippen molar-refractivity contribution in [3.05, 3.63) is 34.9 Å². The molecule has 3 nitrogen and oxygen atoms in total. The first-order valence-corrected chi connectivity index (χ1v) is 12.0. The Labute approximate surface area is 168 Å². The van der Waals surface area contributed by atoms with Crippen LogP contribution in [0.1, 0.15) is 68.1 Å². The SMILES string of the molecule is CC(C)c1ccc2c(c1)CCC2C(=O)N1CCSCC1CN1CCCCC1. The van der Waals surface area contributed by atoms with E-state index in [4.69, 9.17) is 0 Å². The zero-order valence-electron chi connectivity index (χ0n) is 17.0. The minimum Gasteiger partial charge on any atom is -0.336 e. The second-order valence-corrected chi connectivity index (χ2v) is 9.98. The van der Waals surface area contributed by atoms with E-state index in [1.165, 1.54) is 49.0 Å². The molecule has 148 valence electrons. The van der Waals surface area contributed by atoms with Crippen molar-refractivity contribution in [1.82, 2.24) is 9.80 Å². The fourth-order valence-electron chi connectivity index (χ4n) is 4.99. The second-order valence-electron chi connectivity index (χ2n) is 8.83. The van der Waals surface area contributed by atoms with E-state index in [9.17, 15) is 4.79 Å². The van der Waals surface area contributed by atoms with E-state index in [1.807, 2.05) is 11.8 Å². The van der Waals surface area contributed by atoms with Crippen molar-refractivity contribution in [1.29, 1.82) is 0 Å². The standard InChI is InChI=1S/C23H34N2OS/c1-17(2)18-6-8-21-19(14-18)7-9-22(21)23(26)25-12-13-27-16-20(25)15-24-10-4-3-5-11-24/h6,8,14,17,20,22H,3-5,7,9-13,15-16H2,1-2H3. The van der Waals surface area contributed by atoms with Crippen LogP contribution in [0.25, 0.3) is 0 Å². The van der Waals surface area contributed by atoms with Crippen molar-refractivity contribution in [2.75, 3.05) is 37.7 Å². The number of hydrogen-bond acceptors (Lipinski definition) is 3. The van der Waals surface area contributed by atoms with Crippen LogP contribution in [0.3, 0.4) is 0 Å². The third kappa shape index (κ3) is 4.22.